The maximum Gasteiger partial charge on any atom is 0.240 e. The molecule has 0 bridgehead atoms. The SMILES string of the molecule is Cc1nc(N)nn1-c1cncc(Br)c1. The van der Waals surface area contributed by atoms with Crippen molar-refractivity contribution in [1.82, 2.24) is 19.7 Å². The molecule has 0 aliphatic carbocycles. The molecule has 0 spiro atoms. The molecule has 0 amide bonds. The molecule has 0 saturated heterocycles. The summed E-state index contributed by atoms with van der Waals surface area (Å²) in [6.07, 6.45) is 3.41. The third-order valence-corrected chi connectivity index (χ3v) is 2.15. The Hall–Kier alpha value is -1.43. The number of hydrogen-bond acceptors (Lipinski definition) is 4. The van der Waals surface area contributed by atoms with Crippen molar-refractivity contribution in [1.29, 1.82) is 0 Å². The lowest BCUT2D eigenvalue weighted by Crippen LogP contribution is -2.00. The van der Waals surface area contributed by atoms with Crippen LogP contribution in [-0.4, -0.2) is 19.7 Å². The average Bonchev–Trinajstić information content (AvgIpc) is 2.45. The largest absolute Gasteiger partial charge is 0.366 e. The molecule has 0 radical (unpaired) electrons. The zero-order valence-electron chi connectivity index (χ0n) is 7.48. The van der Waals surface area contributed by atoms with Crippen LogP contribution in [0.4, 0.5) is 5.95 Å². The number of rotatable bonds is 1. The van der Waals surface area contributed by atoms with Gasteiger partial charge in [0.05, 0.1) is 11.9 Å². The van der Waals surface area contributed by atoms with Crippen LogP contribution in [0.15, 0.2) is 22.9 Å². The minimum Gasteiger partial charge on any atom is -0.366 e. The zero-order chi connectivity index (χ0) is 10.1. The molecular formula is C8H8BrN5. The Morgan fingerprint density at radius 3 is 2.79 bits per heavy atom. The van der Waals surface area contributed by atoms with Gasteiger partial charge in [-0.1, -0.05) is 0 Å². The molecule has 0 saturated carbocycles. The van der Waals surface area contributed by atoms with Gasteiger partial charge in [0.2, 0.25) is 5.95 Å². The summed E-state index contributed by atoms with van der Waals surface area (Å²) >= 11 is 3.34. The molecule has 0 aliphatic rings. The van der Waals surface area contributed by atoms with Crippen LogP contribution in [0.3, 0.4) is 0 Å². The van der Waals surface area contributed by atoms with Gasteiger partial charge in [-0.15, -0.1) is 5.10 Å². The van der Waals surface area contributed by atoms with Crippen LogP contribution in [-0.2, 0) is 0 Å². The van der Waals surface area contributed by atoms with E-state index in [0.717, 1.165) is 16.0 Å². The third-order valence-electron chi connectivity index (χ3n) is 1.72. The second-order valence-corrected chi connectivity index (χ2v) is 3.71. The number of pyridine rings is 1. The summed E-state index contributed by atoms with van der Waals surface area (Å²) in [6, 6.07) is 1.90. The topological polar surface area (TPSA) is 69.6 Å². The van der Waals surface area contributed by atoms with Gasteiger partial charge >= 0.3 is 0 Å². The summed E-state index contributed by atoms with van der Waals surface area (Å²) in [5.41, 5.74) is 6.31. The fourth-order valence-electron chi connectivity index (χ4n) is 1.17. The highest BCUT2D eigenvalue weighted by molar-refractivity contribution is 9.10. The second-order valence-electron chi connectivity index (χ2n) is 2.79. The van der Waals surface area contributed by atoms with Crippen molar-refractivity contribution in [3.05, 3.63) is 28.8 Å². The van der Waals surface area contributed by atoms with Crippen molar-refractivity contribution in [2.45, 2.75) is 6.92 Å². The molecule has 0 fully saturated rings. The minimum atomic E-state index is 0.266. The van der Waals surface area contributed by atoms with Crippen molar-refractivity contribution in [3.63, 3.8) is 0 Å². The van der Waals surface area contributed by atoms with E-state index in [1.165, 1.54) is 0 Å². The Labute approximate surface area is 89.1 Å². The smallest absolute Gasteiger partial charge is 0.240 e. The molecule has 0 aliphatic heterocycles. The fourth-order valence-corrected chi connectivity index (χ4v) is 1.52. The van der Waals surface area contributed by atoms with E-state index in [2.05, 4.69) is 31.0 Å². The lowest BCUT2D eigenvalue weighted by atomic mass is 10.4. The van der Waals surface area contributed by atoms with Crippen LogP contribution < -0.4 is 5.73 Å². The van der Waals surface area contributed by atoms with Gasteiger partial charge in [-0.3, -0.25) is 4.98 Å². The molecule has 2 heterocycles. The number of aromatic nitrogens is 4. The van der Waals surface area contributed by atoms with Gasteiger partial charge in [-0.25, -0.2) is 4.68 Å². The van der Waals surface area contributed by atoms with Gasteiger partial charge < -0.3 is 5.73 Å². The van der Waals surface area contributed by atoms with Crippen LogP contribution in [0.5, 0.6) is 0 Å². The fraction of sp³-hybridized carbons (Fsp3) is 0.125. The highest BCUT2D eigenvalue weighted by atomic mass is 79.9. The van der Waals surface area contributed by atoms with Crippen LogP contribution in [0.1, 0.15) is 5.82 Å². The first-order valence-electron chi connectivity index (χ1n) is 3.97. The summed E-state index contributed by atoms with van der Waals surface area (Å²) in [5.74, 6) is 1.00. The van der Waals surface area contributed by atoms with E-state index in [9.17, 15) is 0 Å². The molecule has 72 valence electrons. The average molecular weight is 254 g/mol. The Morgan fingerprint density at radius 2 is 2.21 bits per heavy atom. The summed E-state index contributed by atoms with van der Waals surface area (Å²) in [4.78, 5) is 8.04. The normalized spacial score (nSPS) is 10.4. The number of anilines is 1. The Morgan fingerprint density at radius 1 is 1.43 bits per heavy atom. The summed E-state index contributed by atoms with van der Waals surface area (Å²) in [5, 5.41) is 4.04. The molecule has 14 heavy (non-hydrogen) atoms. The molecule has 0 atom stereocenters. The number of halogens is 1. The van der Waals surface area contributed by atoms with E-state index < -0.39 is 0 Å². The summed E-state index contributed by atoms with van der Waals surface area (Å²) in [6.45, 7) is 1.84. The first-order valence-corrected chi connectivity index (χ1v) is 4.76. The van der Waals surface area contributed by atoms with Gasteiger partial charge in [0, 0.05) is 10.7 Å². The number of aryl methyl sites for hydroxylation is 1. The van der Waals surface area contributed by atoms with Crippen LogP contribution in [0.25, 0.3) is 5.69 Å². The standard InChI is InChI=1S/C8H8BrN5/c1-5-12-8(10)13-14(5)7-2-6(9)3-11-4-7/h2-4H,1H3,(H2,10,13). The Balaban J connectivity index is 2.54. The molecule has 5 nitrogen and oxygen atoms in total. The predicted octanol–water partition coefficient (Wildman–Crippen LogP) is 1.32. The lowest BCUT2D eigenvalue weighted by molar-refractivity contribution is 0.836. The second kappa shape index (κ2) is 3.38. The van der Waals surface area contributed by atoms with Crippen molar-refractivity contribution >= 4 is 21.9 Å². The van der Waals surface area contributed by atoms with Crippen molar-refractivity contribution in [3.8, 4) is 5.69 Å². The summed E-state index contributed by atoms with van der Waals surface area (Å²) < 4.78 is 2.54. The quantitative estimate of drug-likeness (QED) is 0.833. The van der Waals surface area contributed by atoms with E-state index in [1.54, 1.807) is 17.1 Å². The highest BCUT2D eigenvalue weighted by Crippen LogP contribution is 2.14. The van der Waals surface area contributed by atoms with Crippen LogP contribution in [0, 0.1) is 6.92 Å². The number of hydrogen-bond donors (Lipinski definition) is 1. The highest BCUT2D eigenvalue weighted by Gasteiger charge is 2.05. The van der Waals surface area contributed by atoms with E-state index in [1.807, 2.05) is 13.0 Å². The van der Waals surface area contributed by atoms with E-state index >= 15 is 0 Å². The Kier molecular flexibility index (Phi) is 2.20. The predicted molar refractivity (Wildman–Crippen MR) is 56.0 cm³/mol. The first kappa shape index (κ1) is 9.14. The number of nitrogen functional groups attached to an aromatic ring is 1. The van der Waals surface area contributed by atoms with Gasteiger partial charge in [-0.2, -0.15) is 4.98 Å². The van der Waals surface area contributed by atoms with Crippen LogP contribution >= 0.6 is 15.9 Å². The molecule has 2 N–H and O–H groups in total. The summed E-state index contributed by atoms with van der Waals surface area (Å²) in [7, 11) is 0. The molecule has 0 aromatic carbocycles. The Bertz CT molecular complexity index is 465. The molecule has 0 unspecified atom stereocenters. The van der Waals surface area contributed by atoms with Gasteiger partial charge in [0.25, 0.3) is 0 Å². The van der Waals surface area contributed by atoms with E-state index in [0.29, 0.717) is 0 Å². The van der Waals surface area contributed by atoms with E-state index in [4.69, 9.17) is 5.73 Å². The van der Waals surface area contributed by atoms with Gasteiger partial charge in [-0.05, 0) is 28.9 Å². The third kappa shape index (κ3) is 1.60. The van der Waals surface area contributed by atoms with Crippen molar-refractivity contribution in [2.75, 3.05) is 5.73 Å². The zero-order valence-corrected chi connectivity index (χ0v) is 9.06. The minimum absolute atomic E-state index is 0.266. The lowest BCUT2D eigenvalue weighted by Gasteiger charge is -2.01. The molecular weight excluding hydrogens is 246 g/mol. The van der Waals surface area contributed by atoms with Crippen LogP contribution in [0.2, 0.25) is 0 Å². The molecule has 2 aromatic rings. The van der Waals surface area contributed by atoms with Gasteiger partial charge in [0.15, 0.2) is 0 Å². The monoisotopic (exact) mass is 253 g/mol. The molecule has 6 heteroatoms. The van der Waals surface area contributed by atoms with Crippen molar-refractivity contribution < 1.29 is 0 Å². The first-order chi connectivity index (χ1) is 6.66. The van der Waals surface area contributed by atoms with Crippen molar-refractivity contribution in [2.24, 2.45) is 0 Å². The van der Waals surface area contributed by atoms with Gasteiger partial charge in [0.1, 0.15) is 5.82 Å². The van der Waals surface area contributed by atoms with E-state index in [-0.39, 0.29) is 5.95 Å². The molecule has 2 rings (SSSR count). The molecule has 2 aromatic heterocycles. The maximum absolute atomic E-state index is 5.48. The number of nitrogens with two attached hydrogens (primary N) is 1. The number of nitrogens with zero attached hydrogens (tertiary/aromatic N) is 4. The maximum atomic E-state index is 5.48.